The highest BCUT2D eigenvalue weighted by molar-refractivity contribution is 5.75. The number of urea groups is 1. The number of carbonyl (C=O) groups is 2. The van der Waals surface area contributed by atoms with Gasteiger partial charge in [-0.3, -0.25) is 4.79 Å². The lowest BCUT2D eigenvalue weighted by Gasteiger charge is -2.38. The van der Waals surface area contributed by atoms with E-state index in [0.717, 1.165) is 45.3 Å². The number of hydrogen-bond donors (Lipinski definition) is 1. The summed E-state index contributed by atoms with van der Waals surface area (Å²) in [6, 6.07) is 0.260. The van der Waals surface area contributed by atoms with Gasteiger partial charge < -0.3 is 14.9 Å². The Hall–Kier alpha value is -1.26. The predicted molar refractivity (Wildman–Crippen MR) is 81.2 cm³/mol. The second-order valence-corrected chi connectivity index (χ2v) is 6.45. The highest BCUT2D eigenvalue weighted by atomic mass is 16.4. The maximum absolute atomic E-state index is 12.7. The summed E-state index contributed by atoms with van der Waals surface area (Å²) in [5.74, 6) is -0.113. The molecule has 2 aliphatic heterocycles. The molecule has 0 aliphatic carbocycles. The van der Waals surface area contributed by atoms with E-state index in [-0.39, 0.29) is 18.5 Å². The molecule has 0 aromatic rings. The molecule has 21 heavy (non-hydrogen) atoms. The highest BCUT2D eigenvalue weighted by Crippen LogP contribution is 2.26. The van der Waals surface area contributed by atoms with Gasteiger partial charge in [-0.15, -0.1) is 0 Å². The zero-order valence-corrected chi connectivity index (χ0v) is 13.1. The maximum Gasteiger partial charge on any atom is 0.320 e. The van der Waals surface area contributed by atoms with Gasteiger partial charge in [-0.1, -0.05) is 13.3 Å². The van der Waals surface area contributed by atoms with Crippen LogP contribution in [0.1, 0.15) is 58.3 Å². The first-order valence-electron chi connectivity index (χ1n) is 8.39. The van der Waals surface area contributed by atoms with Crippen LogP contribution in [-0.4, -0.2) is 52.6 Å². The van der Waals surface area contributed by atoms with Crippen LogP contribution in [0, 0.1) is 5.92 Å². The summed E-state index contributed by atoms with van der Waals surface area (Å²) in [7, 11) is 0. The van der Waals surface area contributed by atoms with Gasteiger partial charge in [0.2, 0.25) is 0 Å². The van der Waals surface area contributed by atoms with Crippen LogP contribution in [0.5, 0.6) is 0 Å². The molecule has 2 unspecified atom stereocenters. The van der Waals surface area contributed by atoms with E-state index >= 15 is 0 Å². The van der Waals surface area contributed by atoms with Crippen LogP contribution in [0.3, 0.4) is 0 Å². The number of carboxylic acids is 1. The molecule has 0 aromatic carbocycles. The van der Waals surface area contributed by atoms with Crippen molar-refractivity contribution in [2.24, 2.45) is 5.92 Å². The standard InChI is InChI=1S/C16H28N2O3/c1-2-5-13-9-11-17(12-13)16(21)18-10-4-3-6-14(18)7-8-15(19)20/h13-14H,2-12H2,1H3,(H,19,20). The molecule has 0 saturated carbocycles. The molecule has 2 heterocycles. The van der Waals surface area contributed by atoms with Crippen molar-refractivity contribution >= 4 is 12.0 Å². The van der Waals surface area contributed by atoms with E-state index in [1.54, 1.807) is 0 Å². The minimum absolute atomic E-state index is 0.118. The Kier molecular flexibility index (Phi) is 5.88. The van der Waals surface area contributed by atoms with Crippen molar-refractivity contribution in [1.29, 1.82) is 0 Å². The smallest absolute Gasteiger partial charge is 0.320 e. The molecule has 0 radical (unpaired) electrons. The second-order valence-electron chi connectivity index (χ2n) is 6.45. The first kappa shape index (κ1) is 16.1. The van der Waals surface area contributed by atoms with Crippen LogP contribution in [0.4, 0.5) is 4.79 Å². The van der Waals surface area contributed by atoms with Crippen LogP contribution in [0.15, 0.2) is 0 Å². The Morgan fingerprint density at radius 1 is 1.14 bits per heavy atom. The first-order valence-corrected chi connectivity index (χ1v) is 8.39. The normalized spacial score (nSPS) is 26.1. The first-order chi connectivity index (χ1) is 10.1. The van der Waals surface area contributed by atoms with Gasteiger partial charge >= 0.3 is 12.0 Å². The molecule has 2 atom stereocenters. The van der Waals surface area contributed by atoms with Crippen molar-refractivity contribution < 1.29 is 14.7 Å². The van der Waals surface area contributed by atoms with Crippen LogP contribution >= 0.6 is 0 Å². The number of nitrogens with zero attached hydrogens (tertiary/aromatic N) is 2. The highest BCUT2D eigenvalue weighted by Gasteiger charge is 2.33. The van der Waals surface area contributed by atoms with Gasteiger partial charge in [0, 0.05) is 32.1 Å². The van der Waals surface area contributed by atoms with Gasteiger partial charge in [0.15, 0.2) is 0 Å². The van der Waals surface area contributed by atoms with Gasteiger partial charge in [0.25, 0.3) is 0 Å². The lowest BCUT2D eigenvalue weighted by Crippen LogP contribution is -2.49. The summed E-state index contributed by atoms with van der Waals surface area (Å²) in [4.78, 5) is 27.4. The Balaban J connectivity index is 1.90. The zero-order valence-electron chi connectivity index (χ0n) is 13.1. The average Bonchev–Trinajstić information content (AvgIpc) is 2.94. The minimum Gasteiger partial charge on any atom is -0.481 e. The minimum atomic E-state index is -0.767. The van der Waals surface area contributed by atoms with E-state index in [4.69, 9.17) is 5.11 Å². The fourth-order valence-electron chi connectivity index (χ4n) is 3.67. The molecule has 5 heteroatoms. The van der Waals surface area contributed by atoms with E-state index in [0.29, 0.717) is 12.3 Å². The largest absolute Gasteiger partial charge is 0.481 e. The Bertz CT molecular complexity index is 373. The van der Waals surface area contributed by atoms with E-state index in [1.807, 2.05) is 9.80 Å². The summed E-state index contributed by atoms with van der Waals surface area (Å²) < 4.78 is 0. The number of amides is 2. The molecule has 2 amide bonds. The number of hydrogen-bond acceptors (Lipinski definition) is 2. The zero-order chi connectivity index (χ0) is 15.2. The van der Waals surface area contributed by atoms with Gasteiger partial charge in [-0.25, -0.2) is 4.79 Å². The lowest BCUT2D eigenvalue weighted by molar-refractivity contribution is -0.137. The summed E-state index contributed by atoms with van der Waals surface area (Å²) in [5, 5.41) is 8.86. The number of rotatable bonds is 5. The number of aliphatic carboxylic acids is 1. The third-order valence-electron chi connectivity index (χ3n) is 4.82. The van der Waals surface area contributed by atoms with Crippen molar-refractivity contribution in [1.82, 2.24) is 9.80 Å². The third kappa shape index (κ3) is 4.35. The van der Waals surface area contributed by atoms with Crippen LogP contribution in [-0.2, 0) is 4.79 Å². The lowest BCUT2D eigenvalue weighted by atomic mass is 9.98. The average molecular weight is 296 g/mol. The van der Waals surface area contributed by atoms with E-state index in [2.05, 4.69) is 6.92 Å². The summed E-state index contributed by atoms with van der Waals surface area (Å²) in [6.45, 7) is 4.73. The fourth-order valence-corrected chi connectivity index (χ4v) is 3.67. The number of carboxylic acid groups (broad SMARTS) is 1. The maximum atomic E-state index is 12.7. The predicted octanol–water partition coefficient (Wildman–Crippen LogP) is 2.95. The van der Waals surface area contributed by atoms with Gasteiger partial charge in [-0.2, -0.15) is 0 Å². The Morgan fingerprint density at radius 2 is 1.95 bits per heavy atom. The van der Waals surface area contributed by atoms with E-state index in [9.17, 15) is 9.59 Å². The number of likely N-dealkylation sites (tertiary alicyclic amines) is 2. The SMILES string of the molecule is CCCC1CCN(C(=O)N2CCCCC2CCC(=O)O)C1. The topological polar surface area (TPSA) is 60.9 Å². The molecule has 0 aromatic heterocycles. The summed E-state index contributed by atoms with van der Waals surface area (Å²) in [5.41, 5.74) is 0. The molecular weight excluding hydrogens is 268 g/mol. The van der Waals surface area contributed by atoms with Crippen LogP contribution in [0.25, 0.3) is 0 Å². The molecule has 5 nitrogen and oxygen atoms in total. The number of carbonyl (C=O) groups excluding carboxylic acids is 1. The Labute approximate surface area is 127 Å². The van der Waals surface area contributed by atoms with Crippen molar-refractivity contribution in [2.45, 2.75) is 64.3 Å². The molecule has 0 bridgehead atoms. The molecule has 2 rings (SSSR count). The van der Waals surface area contributed by atoms with Crippen molar-refractivity contribution in [3.05, 3.63) is 0 Å². The molecule has 0 spiro atoms. The van der Waals surface area contributed by atoms with Gasteiger partial charge in [0.1, 0.15) is 0 Å². The van der Waals surface area contributed by atoms with Crippen molar-refractivity contribution in [2.75, 3.05) is 19.6 Å². The molecule has 2 fully saturated rings. The quantitative estimate of drug-likeness (QED) is 0.848. The Morgan fingerprint density at radius 3 is 2.67 bits per heavy atom. The summed E-state index contributed by atoms with van der Waals surface area (Å²) >= 11 is 0. The van der Waals surface area contributed by atoms with Crippen LogP contribution < -0.4 is 0 Å². The molecule has 120 valence electrons. The molecule has 2 aliphatic rings. The van der Waals surface area contributed by atoms with Gasteiger partial charge in [-0.05, 0) is 44.4 Å². The summed E-state index contributed by atoms with van der Waals surface area (Å²) in [6.07, 6.45) is 7.34. The fraction of sp³-hybridized carbons (Fsp3) is 0.875. The van der Waals surface area contributed by atoms with E-state index < -0.39 is 5.97 Å². The number of piperidine rings is 1. The van der Waals surface area contributed by atoms with Crippen LogP contribution in [0.2, 0.25) is 0 Å². The molecular formula is C16H28N2O3. The van der Waals surface area contributed by atoms with Crippen molar-refractivity contribution in [3.8, 4) is 0 Å². The molecule has 2 saturated heterocycles. The van der Waals surface area contributed by atoms with Crippen molar-refractivity contribution in [3.63, 3.8) is 0 Å². The van der Waals surface area contributed by atoms with Gasteiger partial charge in [0.05, 0.1) is 0 Å². The van der Waals surface area contributed by atoms with E-state index in [1.165, 1.54) is 12.8 Å². The monoisotopic (exact) mass is 296 g/mol. The molecule has 1 N–H and O–H groups in total. The second kappa shape index (κ2) is 7.66. The third-order valence-corrected chi connectivity index (χ3v) is 4.82.